The van der Waals surface area contributed by atoms with Crippen molar-refractivity contribution < 1.29 is 0 Å². The van der Waals surface area contributed by atoms with Crippen molar-refractivity contribution in [1.29, 1.82) is 0 Å². The van der Waals surface area contributed by atoms with Gasteiger partial charge in [-0.25, -0.2) is 4.68 Å². The highest BCUT2D eigenvalue weighted by molar-refractivity contribution is 6.43. The van der Waals surface area contributed by atoms with Crippen molar-refractivity contribution in [2.45, 2.75) is 20.3 Å². The first-order valence-electron chi connectivity index (χ1n) is 7.94. The van der Waals surface area contributed by atoms with Crippen LogP contribution < -0.4 is 5.32 Å². The highest BCUT2D eigenvalue weighted by Crippen LogP contribution is 2.39. The first-order chi connectivity index (χ1) is 11.6. The molecule has 0 radical (unpaired) electrons. The van der Waals surface area contributed by atoms with Gasteiger partial charge in [0.05, 0.1) is 21.4 Å². The number of aryl methyl sites for hydroxylation is 2. The molecule has 1 N–H and O–H groups in total. The number of nitrogens with one attached hydrogen (secondary N) is 1. The Hall–Kier alpha value is -1.97. The molecule has 2 aromatic carbocycles. The molecule has 0 spiro atoms. The molecule has 0 amide bonds. The molecule has 5 heteroatoms. The van der Waals surface area contributed by atoms with Gasteiger partial charge in [0.15, 0.2) is 0 Å². The van der Waals surface area contributed by atoms with Crippen molar-refractivity contribution in [2.24, 2.45) is 0 Å². The van der Waals surface area contributed by atoms with Crippen LogP contribution in [-0.4, -0.2) is 16.3 Å². The molecule has 4 rings (SSSR count). The molecule has 1 aromatic heterocycles. The number of hydrogen-bond donors (Lipinski definition) is 1. The first kappa shape index (κ1) is 15.6. The second-order valence-corrected chi connectivity index (χ2v) is 6.94. The molecule has 0 bridgehead atoms. The lowest BCUT2D eigenvalue weighted by molar-refractivity contribution is 0.874. The number of halogens is 2. The van der Waals surface area contributed by atoms with Gasteiger partial charge in [0.25, 0.3) is 0 Å². The Morgan fingerprint density at radius 2 is 1.96 bits per heavy atom. The smallest absolute Gasteiger partial charge is 0.133 e. The summed E-state index contributed by atoms with van der Waals surface area (Å²) in [4.78, 5) is 0. The average Bonchev–Trinajstić information content (AvgIpc) is 3.13. The Labute approximate surface area is 151 Å². The normalized spacial score (nSPS) is 13.0. The second-order valence-electron chi connectivity index (χ2n) is 6.16. The lowest BCUT2D eigenvalue weighted by Crippen LogP contribution is -2.05. The van der Waals surface area contributed by atoms with E-state index in [1.807, 2.05) is 16.8 Å². The van der Waals surface area contributed by atoms with Gasteiger partial charge < -0.3 is 5.32 Å². The van der Waals surface area contributed by atoms with Crippen LogP contribution in [0.1, 0.15) is 16.7 Å². The maximum absolute atomic E-state index is 6.44. The molecule has 2 heterocycles. The minimum atomic E-state index is 0.551. The highest BCUT2D eigenvalue weighted by Gasteiger charge is 2.25. The van der Waals surface area contributed by atoms with E-state index in [0.717, 1.165) is 35.7 Å². The van der Waals surface area contributed by atoms with Crippen molar-refractivity contribution in [3.8, 4) is 16.9 Å². The van der Waals surface area contributed by atoms with Gasteiger partial charge in [-0.15, -0.1) is 0 Å². The molecule has 0 unspecified atom stereocenters. The molecule has 3 aromatic rings. The van der Waals surface area contributed by atoms with Gasteiger partial charge in [0, 0.05) is 17.7 Å². The maximum Gasteiger partial charge on any atom is 0.133 e. The predicted molar refractivity (Wildman–Crippen MR) is 101 cm³/mol. The van der Waals surface area contributed by atoms with Gasteiger partial charge in [-0.05, 0) is 38.0 Å². The third kappa shape index (κ3) is 2.40. The van der Waals surface area contributed by atoms with Crippen LogP contribution in [0.2, 0.25) is 10.0 Å². The number of anilines is 1. The SMILES string of the molecule is Cc1ccc(-n2nc(-c3cccc(Cl)c3Cl)c3c2NCC3)c(C)c1. The van der Waals surface area contributed by atoms with E-state index in [0.29, 0.717) is 10.0 Å². The van der Waals surface area contributed by atoms with Crippen LogP contribution in [0.5, 0.6) is 0 Å². The maximum atomic E-state index is 6.44. The Morgan fingerprint density at radius 3 is 2.75 bits per heavy atom. The first-order valence-corrected chi connectivity index (χ1v) is 8.69. The predicted octanol–water partition coefficient (Wildman–Crippen LogP) is 5.43. The number of nitrogens with zero attached hydrogens (tertiary/aromatic N) is 2. The molecule has 0 saturated carbocycles. The summed E-state index contributed by atoms with van der Waals surface area (Å²) in [7, 11) is 0. The Balaban J connectivity index is 1.94. The zero-order chi connectivity index (χ0) is 16.8. The summed E-state index contributed by atoms with van der Waals surface area (Å²) in [5.74, 6) is 1.05. The Kier molecular flexibility index (Phi) is 3.78. The summed E-state index contributed by atoms with van der Waals surface area (Å²) in [6.07, 6.45) is 0.929. The minimum absolute atomic E-state index is 0.551. The van der Waals surface area contributed by atoms with Crippen molar-refractivity contribution in [1.82, 2.24) is 9.78 Å². The van der Waals surface area contributed by atoms with Crippen LogP contribution >= 0.6 is 23.2 Å². The van der Waals surface area contributed by atoms with E-state index >= 15 is 0 Å². The van der Waals surface area contributed by atoms with Crippen molar-refractivity contribution in [3.05, 3.63) is 63.1 Å². The lowest BCUT2D eigenvalue weighted by Gasteiger charge is -2.10. The summed E-state index contributed by atoms with van der Waals surface area (Å²) < 4.78 is 1.99. The Bertz CT molecular complexity index is 944. The molecule has 1 aliphatic rings. The fraction of sp³-hybridized carbons (Fsp3) is 0.211. The molecule has 24 heavy (non-hydrogen) atoms. The lowest BCUT2D eigenvalue weighted by atomic mass is 10.1. The van der Waals surface area contributed by atoms with E-state index < -0.39 is 0 Å². The van der Waals surface area contributed by atoms with Crippen molar-refractivity contribution in [2.75, 3.05) is 11.9 Å². The molecule has 122 valence electrons. The summed E-state index contributed by atoms with van der Waals surface area (Å²) in [6, 6.07) is 12.1. The molecule has 3 nitrogen and oxygen atoms in total. The average molecular weight is 358 g/mol. The minimum Gasteiger partial charge on any atom is -0.369 e. The van der Waals surface area contributed by atoms with Crippen LogP contribution in [0.3, 0.4) is 0 Å². The summed E-state index contributed by atoms with van der Waals surface area (Å²) in [5, 5.41) is 9.44. The highest BCUT2D eigenvalue weighted by atomic mass is 35.5. The van der Waals surface area contributed by atoms with Crippen molar-refractivity contribution in [3.63, 3.8) is 0 Å². The van der Waals surface area contributed by atoms with E-state index in [1.165, 1.54) is 16.7 Å². The van der Waals surface area contributed by atoms with Gasteiger partial charge in [0.1, 0.15) is 5.82 Å². The number of aromatic nitrogens is 2. The topological polar surface area (TPSA) is 29.9 Å². The monoisotopic (exact) mass is 357 g/mol. The number of benzene rings is 2. The molecule has 0 aliphatic carbocycles. The van der Waals surface area contributed by atoms with E-state index in [9.17, 15) is 0 Å². The number of fused-ring (bicyclic) bond motifs is 1. The third-order valence-electron chi connectivity index (χ3n) is 4.44. The van der Waals surface area contributed by atoms with E-state index in [1.54, 1.807) is 6.07 Å². The summed E-state index contributed by atoms with van der Waals surface area (Å²) in [5.41, 5.74) is 6.49. The number of hydrogen-bond acceptors (Lipinski definition) is 2. The zero-order valence-corrected chi connectivity index (χ0v) is 15.0. The zero-order valence-electron chi connectivity index (χ0n) is 13.5. The van der Waals surface area contributed by atoms with Gasteiger partial charge >= 0.3 is 0 Å². The second kappa shape index (κ2) is 5.83. The summed E-state index contributed by atoms with van der Waals surface area (Å²) >= 11 is 12.6. The van der Waals surface area contributed by atoms with Gasteiger partial charge in [-0.2, -0.15) is 5.10 Å². The van der Waals surface area contributed by atoms with Crippen LogP contribution in [0.15, 0.2) is 36.4 Å². The standard InChI is InChI=1S/C19H17Cl2N3/c1-11-6-7-16(12(2)10-11)24-19-14(8-9-22-19)18(23-24)13-4-3-5-15(20)17(13)21/h3-7,10,22H,8-9H2,1-2H3. The van der Waals surface area contributed by atoms with Gasteiger partial charge in [0.2, 0.25) is 0 Å². The molecular formula is C19H17Cl2N3. The van der Waals surface area contributed by atoms with Crippen molar-refractivity contribution >= 4 is 29.0 Å². The molecule has 1 aliphatic heterocycles. The van der Waals surface area contributed by atoms with Crippen LogP contribution in [0.25, 0.3) is 16.9 Å². The van der Waals surface area contributed by atoms with E-state index in [2.05, 4.69) is 37.4 Å². The fourth-order valence-electron chi connectivity index (χ4n) is 3.30. The third-order valence-corrected chi connectivity index (χ3v) is 5.26. The van der Waals surface area contributed by atoms with Crippen LogP contribution in [-0.2, 0) is 6.42 Å². The van der Waals surface area contributed by atoms with Crippen LogP contribution in [0.4, 0.5) is 5.82 Å². The molecular weight excluding hydrogens is 341 g/mol. The van der Waals surface area contributed by atoms with E-state index in [4.69, 9.17) is 28.3 Å². The van der Waals surface area contributed by atoms with Crippen LogP contribution in [0, 0.1) is 13.8 Å². The Morgan fingerprint density at radius 1 is 1.12 bits per heavy atom. The fourth-order valence-corrected chi connectivity index (χ4v) is 3.69. The molecule has 0 fully saturated rings. The van der Waals surface area contributed by atoms with Gasteiger partial charge in [-0.3, -0.25) is 0 Å². The number of rotatable bonds is 2. The largest absolute Gasteiger partial charge is 0.369 e. The summed E-state index contributed by atoms with van der Waals surface area (Å²) in [6.45, 7) is 5.11. The quantitative estimate of drug-likeness (QED) is 0.662. The molecule has 0 atom stereocenters. The molecule has 0 saturated heterocycles. The van der Waals surface area contributed by atoms with Gasteiger partial charge in [-0.1, -0.05) is 53.0 Å². The van der Waals surface area contributed by atoms with E-state index in [-0.39, 0.29) is 0 Å².